The third-order valence-electron chi connectivity index (χ3n) is 6.63. The van der Waals surface area contributed by atoms with Crippen LogP contribution in [0.25, 0.3) is 11.0 Å². The molecule has 1 fully saturated rings. The maximum atomic E-state index is 13.6. The van der Waals surface area contributed by atoms with Gasteiger partial charge in [-0.05, 0) is 66.0 Å². The molecule has 4 rings (SSSR count). The Morgan fingerprint density at radius 2 is 1.91 bits per heavy atom. The average Bonchev–Trinajstić information content (AvgIpc) is 3.15. The van der Waals surface area contributed by atoms with Crippen molar-refractivity contribution in [2.45, 2.75) is 59.9 Å². The highest BCUT2D eigenvalue weighted by atomic mass is 16.3. The van der Waals surface area contributed by atoms with Crippen LogP contribution in [0, 0.1) is 20.8 Å². The van der Waals surface area contributed by atoms with Crippen LogP contribution in [0.4, 0.5) is 0 Å². The summed E-state index contributed by atoms with van der Waals surface area (Å²) in [7, 11) is 0. The van der Waals surface area contributed by atoms with Gasteiger partial charge in [0, 0.05) is 36.8 Å². The van der Waals surface area contributed by atoms with Gasteiger partial charge in [0.05, 0.1) is 17.3 Å². The van der Waals surface area contributed by atoms with Gasteiger partial charge >= 0.3 is 0 Å². The molecule has 0 radical (unpaired) electrons. The van der Waals surface area contributed by atoms with Crippen LogP contribution in [0.2, 0.25) is 0 Å². The zero-order valence-corrected chi connectivity index (χ0v) is 20.1. The molecule has 1 atom stereocenters. The van der Waals surface area contributed by atoms with Gasteiger partial charge in [-0.3, -0.25) is 9.59 Å². The number of piperidine rings is 1. The minimum atomic E-state index is -0.239. The largest absolute Gasteiger partial charge is 0.451 e. The van der Waals surface area contributed by atoms with Crippen LogP contribution in [-0.2, 0) is 0 Å². The van der Waals surface area contributed by atoms with Crippen LogP contribution < -0.4 is 0 Å². The standard InChI is InChI=1S/C26H32N4O3/c1-6-29(7-2)25(31)20-15-27-24(28-18(20)5)21-10-8-9-13-30(21)26(32)23-17(4)19-14-16(3)11-12-22(19)33-23/h11-12,14-15,21H,6-10,13H2,1-5H3/t21-/m0/s1. The molecule has 2 amide bonds. The molecule has 0 N–H and O–H groups in total. The maximum Gasteiger partial charge on any atom is 0.290 e. The smallest absolute Gasteiger partial charge is 0.290 e. The molecule has 33 heavy (non-hydrogen) atoms. The first-order valence-electron chi connectivity index (χ1n) is 11.8. The zero-order chi connectivity index (χ0) is 23.7. The summed E-state index contributed by atoms with van der Waals surface area (Å²) >= 11 is 0. The molecule has 3 heterocycles. The van der Waals surface area contributed by atoms with E-state index in [0.29, 0.717) is 42.5 Å². The van der Waals surface area contributed by atoms with Gasteiger partial charge in [0.1, 0.15) is 5.58 Å². The summed E-state index contributed by atoms with van der Waals surface area (Å²) < 4.78 is 6.00. The summed E-state index contributed by atoms with van der Waals surface area (Å²) in [6.07, 6.45) is 4.32. The molecule has 0 aliphatic carbocycles. The molecule has 1 aliphatic rings. The molecule has 3 aromatic rings. The third kappa shape index (κ3) is 4.24. The molecule has 7 nitrogen and oxygen atoms in total. The van der Waals surface area contributed by atoms with Gasteiger partial charge in [0.15, 0.2) is 11.6 Å². The predicted molar refractivity (Wildman–Crippen MR) is 127 cm³/mol. The minimum absolute atomic E-state index is 0.0613. The number of carbonyl (C=O) groups is 2. The van der Waals surface area contributed by atoms with Crippen molar-refractivity contribution in [3.8, 4) is 0 Å². The Labute approximate surface area is 194 Å². The molecule has 174 valence electrons. The Morgan fingerprint density at radius 3 is 2.61 bits per heavy atom. The van der Waals surface area contributed by atoms with E-state index in [-0.39, 0.29) is 17.9 Å². The molecule has 1 aliphatic heterocycles. The molecule has 0 unspecified atom stereocenters. The van der Waals surface area contributed by atoms with E-state index < -0.39 is 0 Å². The fourth-order valence-electron chi connectivity index (χ4n) is 4.65. The van der Waals surface area contributed by atoms with Gasteiger partial charge in [0.2, 0.25) is 0 Å². The number of carbonyl (C=O) groups excluding carboxylic acids is 2. The molecule has 1 saturated heterocycles. The lowest BCUT2D eigenvalue weighted by Gasteiger charge is -2.34. The van der Waals surface area contributed by atoms with E-state index in [1.165, 1.54) is 0 Å². The first-order valence-corrected chi connectivity index (χ1v) is 11.8. The van der Waals surface area contributed by atoms with Crippen molar-refractivity contribution in [1.82, 2.24) is 19.8 Å². The molecule has 1 aromatic carbocycles. The van der Waals surface area contributed by atoms with Gasteiger partial charge < -0.3 is 14.2 Å². The number of hydrogen-bond donors (Lipinski definition) is 0. The third-order valence-corrected chi connectivity index (χ3v) is 6.63. The Balaban J connectivity index is 1.65. The lowest BCUT2D eigenvalue weighted by atomic mass is 10.00. The Hall–Kier alpha value is -3.22. The fourth-order valence-corrected chi connectivity index (χ4v) is 4.65. The van der Waals surface area contributed by atoms with Crippen molar-refractivity contribution in [2.24, 2.45) is 0 Å². The number of amides is 2. The minimum Gasteiger partial charge on any atom is -0.451 e. The molecule has 0 bridgehead atoms. The van der Waals surface area contributed by atoms with E-state index in [1.807, 2.05) is 51.7 Å². The van der Waals surface area contributed by atoms with Crippen LogP contribution in [0.5, 0.6) is 0 Å². The topological polar surface area (TPSA) is 79.5 Å². The molecular weight excluding hydrogens is 416 g/mol. The number of nitrogens with zero attached hydrogens (tertiary/aromatic N) is 4. The van der Waals surface area contributed by atoms with Gasteiger partial charge in [-0.1, -0.05) is 11.6 Å². The number of hydrogen-bond acceptors (Lipinski definition) is 5. The highest BCUT2D eigenvalue weighted by molar-refractivity contribution is 5.99. The molecule has 2 aromatic heterocycles. The fraction of sp³-hybridized carbons (Fsp3) is 0.462. The number of benzene rings is 1. The SMILES string of the molecule is CCN(CC)C(=O)c1cnc([C@@H]2CCCCN2C(=O)c2oc3ccc(C)cc3c2C)nc1C. The van der Waals surface area contributed by atoms with Crippen LogP contribution >= 0.6 is 0 Å². The van der Waals surface area contributed by atoms with Gasteiger partial charge in [-0.15, -0.1) is 0 Å². The second-order valence-corrected chi connectivity index (χ2v) is 8.77. The van der Waals surface area contributed by atoms with Crippen LogP contribution in [0.1, 0.15) is 82.7 Å². The number of furan rings is 1. The monoisotopic (exact) mass is 448 g/mol. The summed E-state index contributed by atoms with van der Waals surface area (Å²) in [5.41, 5.74) is 3.87. The normalized spacial score (nSPS) is 16.3. The summed E-state index contributed by atoms with van der Waals surface area (Å²) in [5.74, 6) is 0.776. The van der Waals surface area contributed by atoms with Gasteiger partial charge in [-0.2, -0.15) is 0 Å². The van der Waals surface area contributed by atoms with Crippen molar-refractivity contribution in [2.75, 3.05) is 19.6 Å². The lowest BCUT2D eigenvalue weighted by molar-refractivity contribution is 0.0567. The lowest BCUT2D eigenvalue weighted by Crippen LogP contribution is -2.39. The first kappa shape index (κ1) is 23.0. The van der Waals surface area contributed by atoms with Crippen LogP contribution in [0.15, 0.2) is 28.8 Å². The van der Waals surface area contributed by atoms with Gasteiger partial charge in [-0.25, -0.2) is 9.97 Å². The van der Waals surface area contributed by atoms with E-state index in [4.69, 9.17) is 4.42 Å². The predicted octanol–water partition coefficient (Wildman–Crippen LogP) is 5.00. The summed E-state index contributed by atoms with van der Waals surface area (Å²) in [6.45, 7) is 11.6. The second kappa shape index (κ2) is 9.33. The Morgan fingerprint density at radius 1 is 1.15 bits per heavy atom. The number of likely N-dealkylation sites (tertiary alicyclic amines) is 1. The van der Waals surface area contributed by atoms with Crippen molar-refractivity contribution >= 4 is 22.8 Å². The van der Waals surface area contributed by atoms with Crippen LogP contribution in [-0.4, -0.2) is 51.2 Å². The van der Waals surface area contributed by atoms with Crippen molar-refractivity contribution in [3.63, 3.8) is 0 Å². The van der Waals surface area contributed by atoms with E-state index >= 15 is 0 Å². The molecular formula is C26H32N4O3. The summed E-state index contributed by atoms with van der Waals surface area (Å²) in [4.78, 5) is 39.2. The number of aromatic nitrogens is 2. The highest BCUT2D eigenvalue weighted by Crippen LogP contribution is 2.33. The van der Waals surface area contributed by atoms with E-state index in [9.17, 15) is 9.59 Å². The number of fused-ring (bicyclic) bond motifs is 1. The van der Waals surface area contributed by atoms with Crippen molar-refractivity contribution < 1.29 is 14.0 Å². The first-order chi connectivity index (χ1) is 15.8. The summed E-state index contributed by atoms with van der Waals surface area (Å²) in [6, 6.07) is 5.72. The molecule has 0 saturated carbocycles. The average molecular weight is 449 g/mol. The van der Waals surface area contributed by atoms with E-state index in [2.05, 4.69) is 16.0 Å². The maximum absolute atomic E-state index is 13.6. The second-order valence-electron chi connectivity index (χ2n) is 8.77. The summed E-state index contributed by atoms with van der Waals surface area (Å²) in [5, 5.41) is 0.971. The quantitative estimate of drug-likeness (QED) is 0.549. The van der Waals surface area contributed by atoms with Crippen molar-refractivity contribution in [1.29, 1.82) is 0 Å². The van der Waals surface area contributed by atoms with E-state index in [0.717, 1.165) is 41.4 Å². The molecule has 7 heteroatoms. The zero-order valence-electron chi connectivity index (χ0n) is 20.1. The van der Waals surface area contributed by atoms with Gasteiger partial charge in [0.25, 0.3) is 11.8 Å². The number of aryl methyl sites for hydroxylation is 3. The van der Waals surface area contributed by atoms with Crippen LogP contribution in [0.3, 0.4) is 0 Å². The number of rotatable bonds is 5. The molecule has 0 spiro atoms. The Bertz CT molecular complexity index is 1200. The van der Waals surface area contributed by atoms with E-state index in [1.54, 1.807) is 11.1 Å². The highest BCUT2D eigenvalue weighted by Gasteiger charge is 2.34. The Kier molecular flexibility index (Phi) is 6.49. The van der Waals surface area contributed by atoms with Crippen molar-refractivity contribution in [3.05, 3.63) is 58.4 Å².